The lowest BCUT2D eigenvalue weighted by Crippen LogP contribution is -2.44. The van der Waals surface area contributed by atoms with Gasteiger partial charge in [0.25, 0.3) is 0 Å². The molecule has 1 aliphatic heterocycles. The summed E-state index contributed by atoms with van der Waals surface area (Å²) in [6.07, 6.45) is 6.66. The zero-order chi connectivity index (χ0) is 21.6. The topological polar surface area (TPSA) is 109 Å². The van der Waals surface area contributed by atoms with Crippen LogP contribution in [-0.2, 0) is 17.1 Å². The summed E-state index contributed by atoms with van der Waals surface area (Å²) >= 11 is 6.95. The third-order valence-corrected chi connectivity index (χ3v) is 8.59. The molecule has 4 aromatic heterocycles. The highest BCUT2D eigenvalue weighted by molar-refractivity contribution is 7.91. The number of thiophene rings is 1. The van der Waals surface area contributed by atoms with Gasteiger partial charge in [0.05, 0.1) is 21.6 Å². The van der Waals surface area contributed by atoms with Crippen molar-refractivity contribution in [3.8, 4) is 11.3 Å². The Morgan fingerprint density at radius 1 is 1.26 bits per heavy atom. The molecule has 1 aliphatic rings. The Balaban J connectivity index is 1.32. The highest BCUT2D eigenvalue weighted by Crippen LogP contribution is 2.31. The summed E-state index contributed by atoms with van der Waals surface area (Å²) in [5.74, 6) is 0.850. The molecular formula is C19H20ClN7O2S2. The number of aromatic nitrogens is 5. The van der Waals surface area contributed by atoms with E-state index in [0.29, 0.717) is 30.3 Å². The number of nitrogens with one attached hydrogen (secondary N) is 2. The zero-order valence-corrected chi connectivity index (χ0v) is 19.0. The van der Waals surface area contributed by atoms with Crippen LogP contribution in [0.15, 0.2) is 41.1 Å². The molecule has 0 spiro atoms. The Labute approximate surface area is 188 Å². The monoisotopic (exact) mass is 477 g/mol. The van der Waals surface area contributed by atoms with Crippen molar-refractivity contribution >= 4 is 49.8 Å². The van der Waals surface area contributed by atoms with Gasteiger partial charge in [0.15, 0.2) is 0 Å². The minimum Gasteiger partial charge on any atom is -0.356 e. The molecule has 5 heterocycles. The molecule has 9 nitrogen and oxygen atoms in total. The Morgan fingerprint density at radius 2 is 2.06 bits per heavy atom. The summed E-state index contributed by atoms with van der Waals surface area (Å²) in [5, 5.41) is 5.16. The molecule has 1 fully saturated rings. The quantitative estimate of drug-likeness (QED) is 0.457. The largest absolute Gasteiger partial charge is 0.356 e. The smallest absolute Gasteiger partial charge is 0.250 e. The average molecular weight is 478 g/mol. The van der Waals surface area contributed by atoms with Gasteiger partial charge in [0.2, 0.25) is 10.0 Å². The van der Waals surface area contributed by atoms with Crippen LogP contribution in [0.4, 0.5) is 5.82 Å². The maximum atomic E-state index is 12.6. The van der Waals surface area contributed by atoms with Gasteiger partial charge < -0.3 is 9.88 Å². The molecule has 162 valence electrons. The first kappa shape index (κ1) is 20.4. The van der Waals surface area contributed by atoms with Crippen LogP contribution >= 0.6 is 22.9 Å². The number of hydrogen-bond acceptors (Lipinski definition) is 7. The van der Waals surface area contributed by atoms with Gasteiger partial charge in [0, 0.05) is 37.9 Å². The zero-order valence-electron chi connectivity index (χ0n) is 16.6. The number of H-pyrrole nitrogens is 1. The van der Waals surface area contributed by atoms with Gasteiger partial charge in [-0.2, -0.15) is 5.10 Å². The third-order valence-electron chi connectivity index (χ3n) is 5.35. The lowest BCUT2D eigenvalue weighted by atomic mass is 10.1. The molecule has 5 rings (SSSR count). The first-order valence-electron chi connectivity index (χ1n) is 9.74. The van der Waals surface area contributed by atoms with Crippen molar-refractivity contribution < 1.29 is 8.42 Å². The van der Waals surface area contributed by atoms with Crippen molar-refractivity contribution in [3.63, 3.8) is 0 Å². The van der Waals surface area contributed by atoms with Crippen LogP contribution in [0, 0.1) is 0 Å². The lowest BCUT2D eigenvalue weighted by Gasteiger charge is -2.33. The van der Waals surface area contributed by atoms with Crippen LogP contribution in [0.25, 0.3) is 22.3 Å². The van der Waals surface area contributed by atoms with E-state index in [0.717, 1.165) is 39.4 Å². The van der Waals surface area contributed by atoms with Crippen LogP contribution in [0.2, 0.25) is 4.34 Å². The van der Waals surface area contributed by atoms with Gasteiger partial charge in [-0.1, -0.05) is 11.6 Å². The number of rotatable bonds is 5. The Kier molecular flexibility index (Phi) is 5.21. The van der Waals surface area contributed by atoms with E-state index in [1.807, 2.05) is 19.3 Å². The summed E-state index contributed by atoms with van der Waals surface area (Å²) in [5.41, 5.74) is 2.68. The second-order valence-corrected chi connectivity index (χ2v) is 11.1. The molecule has 2 N–H and O–H groups in total. The van der Waals surface area contributed by atoms with Crippen molar-refractivity contribution in [2.24, 2.45) is 7.05 Å². The van der Waals surface area contributed by atoms with E-state index in [-0.39, 0.29) is 10.3 Å². The minimum absolute atomic E-state index is 0.128. The van der Waals surface area contributed by atoms with E-state index < -0.39 is 10.0 Å². The fourth-order valence-corrected chi connectivity index (χ4v) is 6.63. The van der Waals surface area contributed by atoms with Crippen molar-refractivity contribution in [1.29, 1.82) is 0 Å². The number of anilines is 1. The van der Waals surface area contributed by atoms with Gasteiger partial charge in [-0.15, -0.1) is 11.3 Å². The van der Waals surface area contributed by atoms with Crippen molar-refractivity contribution in [2.45, 2.75) is 23.1 Å². The summed E-state index contributed by atoms with van der Waals surface area (Å²) in [6, 6.07) is 5.04. The predicted octanol–water partition coefficient (Wildman–Crippen LogP) is 3.02. The Hall–Kier alpha value is -2.47. The third kappa shape index (κ3) is 4.05. The minimum atomic E-state index is -3.55. The van der Waals surface area contributed by atoms with E-state index in [1.54, 1.807) is 23.3 Å². The standard InChI is InChI=1S/C19H20ClN7O2S2/c1-26-10-12(9-23-26)15-8-14-18(24-15)21-11-22-19(14)27-6-4-13(5-7-27)25-31(28,29)17-3-2-16(20)30-17/h2-3,8-11,13,25H,4-7H2,1H3,(H,21,22,24). The average Bonchev–Trinajstić information content (AvgIpc) is 3.47. The molecule has 0 saturated carbocycles. The molecule has 0 radical (unpaired) electrons. The Morgan fingerprint density at radius 3 is 2.74 bits per heavy atom. The van der Waals surface area contributed by atoms with Crippen LogP contribution in [-0.4, -0.2) is 52.3 Å². The number of halogens is 1. The lowest BCUT2D eigenvalue weighted by molar-refractivity contribution is 0.459. The first-order valence-corrected chi connectivity index (χ1v) is 12.4. The van der Waals surface area contributed by atoms with Gasteiger partial charge in [-0.3, -0.25) is 4.68 Å². The molecule has 12 heteroatoms. The van der Waals surface area contributed by atoms with Crippen LogP contribution < -0.4 is 9.62 Å². The van der Waals surface area contributed by atoms with E-state index in [2.05, 4.69) is 29.7 Å². The molecule has 0 unspecified atom stereocenters. The summed E-state index contributed by atoms with van der Waals surface area (Å²) in [6.45, 7) is 1.38. The molecule has 1 saturated heterocycles. The fraction of sp³-hybridized carbons (Fsp3) is 0.316. The van der Waals surface area contributed by atoms with Gasteiger partial charge in [-0.05, 0) is 31.0 Å². The first-order chi connectivity index (χ1) is 14.9. The summed E-state index contributed by atoms with van der Waals surface area (Å²) in [7, 11) is -1.68. The highest BCUT2D eigenvalue weighted by Gasteiger charge is 2.27. The molecular weight excluding hydrogens is 458 g/mol. The van der Waals surface area contributed by atoms with Crippen molar-refractivity contribution in [3.05, 3.63) is 41.3 Å². The fourth-order valence-electron chi connectivity index (χ4n) is 3.82. The second-order valence-electron chi connectivity index (χ2n) is 7.49. The molecule has 31 heavy (non-hydrogen) atoms. The number of aryl methyl sites for hydroxylation is 1. The van der Waals surface area contributed by atoms with E-state index >= 15 is 0 Å². The number of aromatic amines is 1. The Bertz CT molecular complexity index is 1340. The van der Waals surface area contributed by atoms with Crippen molar-refractivity contribution in [1.82, 2.24) is 29.5 Å². The van der Waals surface area contributed by atoms with Gasteiger partial charge in [-0.25, -0.2) is 23.1 Å². The maximum absolute atomic E-state index is 12.6. The molecule has 0 atom stereocenters. The highest BCUT2D eigenvalue weighted by atomic mass is 35.5. The number of piperidine rings is 1. The van der Waals surface area contributed by atoms with Crippen LogP contribution in [0.5, 0.6) is 0 Å². The number of fused-ring (bicyclic) bond motifs is 1. The van der Waals surface area contributed by atoms with Gasteiger partial charge in [0.1, 0.15) is 22.0 Å². The van der Waals surface area contributed by atoms with Gasteiger partial charge >= 0.3 is 0 Å². The normalized spacial score (nSPS) is 15.7. The molecule has 0 amide bonds. The van der Waals surface area contributed by atoms with E-state index in [1.165, 1.54) is 6.07 Å². The van der Waals surface area contributed by atoms with Crippen molar-refractivity contribution in [2.75, 3.05) is 18.0 Å². The predicted molar refractivity (Wildman–Crippen MR) is 121 cm³/mol. The molecule has 4 aromatic rings. The molecule has 0 bridgehead atoms. The van der Waals surface area contributed by atoms with Crippen LogP contribution in [0.1, 0.15) is 12.8 Å². The second kappa shape index (κ2) is 7.90. The van der Waals surface area contributed by atoms with Crippen LogP contribution in [0.3, 0.4) is 0 Å². The summed E-state index contributed by atoms with van der Waals surface area (Å²) in [4.78, 5) is 14.4. The number of sulfonamides is 1. The number of hydrogen-bond donors (Lipinski definition) is 2. The number of nitrogens with zero attached hydrogens (tertiary/aromatic N) is 5. The maximum Gasteiger partial charge on any atom is 0.250 e. The molecule has 0 aliphatic carbocycles. The van der Waals surface area contributed by atoms with E-state index in [9.17, 15) is 8.42 Å². The molecule has 0 aromatic carbocycles. The SMILES string of the molecule is Cn1cc(-c2cc3c(N4CCC(NS(=O)(=O)c5ccc(Cl)s5)CC4)ncnc3[nH]2)cn1. The summed E-state index contributed by atoms with van der Waals surface area (Å²) < 4.78 is 30.4. The van der Waals surface area contributed by atoms with E-state index in [4.69, 9.17) is 11.6 Å².